The van der Waals surface area contributed by atoms with Crippen molar-refractivity contribution < 1.29 is 0 Å². The zero-order valence-electron chi connectivity index (χ0n) is 9.39. The summed E-state index contributed by atoms with van der Waals surface area (Å²) in [5.74, 6) is 0.792. The molecule has 0 fully saturated rings. The van der Waals surface area contributed by atoms with Gasteiger partial charge in [-0.2, -0.15) is 0 Å². The van der Waals surface area contributed by atoms with Gasteiger partial charge in [0.05, 0.1) is 5.69 Å². The van der Waals surface area contributed by atoms with E-state index in [1.807, 2.05) is 13.0 Å². The second-order valence-electron chi connectivity index (χ2n) is 4.80. The molecule has 0 saturated carbocycles. The molecule has 0 saturated heterocycles. The van der Waals surface area contributed by atoms with E-state index in [0.717, 1.165) is 23.6 Å². The number of hydrogen-bond acceptors (Lipinski definition) is 3. The smallest absolute Gasteiger partial charge is 0.149 e. The summed E-state index contributed by atoms with van der Waals surface area (Å²) in [6.45, 7) is 9.37. The number of hydrogen-bond donors (Lipinski definition) is 2. The Balaban J connectivity index is 2.73. The summed E-state index contributed by atoms with van der Waals surface area (Å²) in [6.07, 6.45) is 1.77. The average molecular weight is 193 g/mol. The van der Waals surface area contributed by atoms with Gasteiger partial charge in [-0.05, 0) is 24.0 Å². The first kappa shape index (κ1) is 10.8. The monoisotopic (exact) mass is 193 g/mol. The first-order valence-electron chi connectivity index (χ1n) is 4.85. The average Bonchev–Trinajstić information content (AvgIpc) is 2.06. The third-order valence-electron chi connectivity index (χ3n) is 1.99. The van der Waals surface area contributed by atoms with E-state index < -0.39 is 0 Å². The van der Waals surface area contributed by atoms with Crippen molar-refractivity contribution in [3.63, 3.8) is 0 Å². The lowest BCUT2D eigenvalue weighted by molar-refractivity contribution is 0.442. The third kappa shape index (κ3) is 2.91. The molecule has 0 aliphatic carbocycles. The van der Waals surface area contributed by atoms with Crippen LogP contribution in [0.3, 0.4) is 0 Å². The number of nitrogens with one attached hydrogen (secondary N) is 1. The van der Waals surface area contributed by atoms with Gasteiger partial charge in [0.25, 0.3) is 0 Å². The van der Waals surface area contributed by atoms with E-state index in [1.54, 1.807) is 6.20 Å². The standard InChI is InChI=1S/C11H19N3/c1-8-5-6-13-10(9(8)12)14-7-11(2,3)4/h5-6H,7,12H2,1-4H3,(H,13,14). The fourth-order valence-electron chi connectivity index (χ4n) is 1.06. The van der Waals surface area contributed by atoms with Crippen LogP contribution in [0.5, 0.6) is 0 Å². The van der Waals surface area contributed by atoms with Crippen LogP contribution in [0.4, 0.5) is 11.5 Å². The summed E-state index contributed by atoms with van der Waals surface area (Å²) in [5.41, 5.74) is 7.93. The molecule has 14 heavy (non-hydrogen) atoms. The molecule has 1 aromatic heterocycles. The van der Waals surface area contributed by atoms with E-state index in [9.17, 15) is 0 Å². The van der Waals surface area contributed by atoms with E-state index in [-0.39, 0.29) is 5.41 Å². The number of nitrogens with two attached hydrogens (primary N) is 1. The number of aryl methyl sites for hydroxylation is 1. The van der Waals surface area contributed by atoms with Crippen molar-refractivity contribution in [3.8, 4) is 0 Å². The predicted molar refractivity (Wildman–Crippen MR) is 61.3 cm³/mol. The Morgan fingerprint density at radius 2 is 2.07 bits per heavy atom. The molecule has 0 radical (unpaired) electrons. The minimum Gasteiger partial charge on any atom is -0.396 e. The molecule has 0 spiro atoms. The second kappa shape index (κ2) is 3.86. The Bertz CT molecular complexity index is 313. The van der Waals surface area contributed by atoms with Gasteiger partial charge in [-0.1, -0.05) is 20.8 Å². The van der Waals surface area contributed by atoms with Crippen LogP contribution in [-0.2, 0) is 0 Å². The molecule has 0 aliphatic heterocycles. The van der Waals surface area contributed by atoms with E-state index in [2.05, 4.69) is 31.1 Å². The van der Waals surface area contributed by atoms with Gasteiger partial charge in [-0.25, -0.2) is 4.98 Å². The molecule has 1 aromatic rings. The normalized spacial score (nSPS) is 11.4. The van der Waals surface area contributed by atoms with Gasteiger partial charge in [-0.15, -0.1) is 0 Å². The maximum Gasteiger partial charge on any atom is 0.149 e. The molecular weight excluding hydrogens is 174 g/mol. The van der Waals surface area contributed by atoms with Crippen LogP contribution in [0.1, 0.15) is 26.3 Å². The Hall–Kier alpha value is -1.25. The molecule has 0 aromatic carbocycles. The molecule has 0 bridgehead atoms. The summed E-state index contributed by atoms with van der Waals surface area (Å²) in [6, 6.07) is 1.91. The topological polar surface area (TPSA) is 50.9 Å². The Morgan fingerprint density at radius 1 is 1.43 bits per heavy atom. The van der Waals surface area contributed by atoms with Crippen molar-refractivity contribution in [2.75, 3.05) is 17.6 Å². The molecule has 0 unspecified atom stereocenters. The summed E-state index contributed by atoms with van der Waals surface area (Å²) >= 11 is 0. The van der Waals surface area contributed by atoms with E-state index >= 15 is 0 Å². The number of pyridine rings is 1. The highest BCUT2D eigenvalue weighted by molar-refractivity contribution is 5.64. The Labute approximate surface area is 85.7 Å². The van der Waals surface area contributed by atoms with Gasteiger partial charge in [-0.3, -0.25) is 0 Å². The van der Waals surface area contributed by atoms with Crippen LogP contribution >= 0.6 is 0 Å². The van der Waals surface area contributed by atoms with Crippen LogP contribution in [0.2, 0.25) is 0 Å². The van der Waals surface area contributed by atoms with Gasteiger partial charge in [0.15, 0.2) is 0 Å². The second-order valence-corrected chi connectivity index (χ2v) is 4.80. The number of nitrogens with zero attached hydrogens (tertiary/aromatic N) is 1. The van der Waals surface area contributed by atoms with Crippen LogP contribution in [0, 0.1) is 12.3 Å². The molecule has 1 heterocycles. The van der Waals surface area contributed by atoms with Crippen LogP contribution < -0.4 is 11.1 Å². The zero-order chi connectivity index (χ0) is 10.8. The minimum atomic E-state index is 0.234. The highest BCUT2D eigenvalue weighted by Crippen LogP contribution is 2.21. The van der Waals surface area contributed by atoms with Crippen molar-refractivity contribution in [3.05, 3.63) is 17.8 Å². The molecule has 0 atom stereocenters. The van der Waals surface area contributed by atoms with Crippen molar-refractivity contribution >= 4 is 11.5 Å². The largest absolute Gasteiger partial charge is 0.396 e. The SMILES string of the molecule is Cc1ccnc(NCC(C)(C)C)c1N. The number of rotatable bonds is 2. The minimum absolute atomic E-state index is 0.234. The van der Waals surface area contributed by atoms with Gasteiger partial charge >= 0.3 is 0 Å². The van der Waals surface area contributed by atoms with Gasteiger partial charge in [0.2, 0.25) is 0 Å². The van der Waals surface area contributed by atoms with Crippen LogP contribution in [-0.4, -0.2) is 11.5 Å². The lowest BCUT2D eigenvalue weighted by Crippen LogP contribution is -2.20. The number of nitrogen functional groups attached to an aromatic ring is 1. The maximum absolute atomic E-state index is 5.89. The molecule has 78 valence electrons. The molecule has 3 N–H and O–H groups in total. The highest BCUT2D eigenvalue weighted by Gasteiger charge is 2.11. The van der Waals surface area contributed by atoms with Crippen LogP contribution in [0.25, 0.3) is 0 Å². The first-order valence-corrected chi connectivity index (χ1v) is 4.85. The van der Waals surface area contributed by atoms with Crippen molar-refractivity contribution in [1.82, 2.24) is 4.98 Å². The molecule has 3 nitrogen and oxygen atoms in total. The van der Waals surface area contributed by atoms with E-state index in [4.69, 9.17) is 5.73 Å². The van der Waals surface area contributed by atoms with E-state index in [0.29, 0.717) is 0 Å². The maximum atomic E-state index is 5.89. The summed E-state index contributed by atoms with van der Waals surface area (Å²) < 4.78 is 0. The number of aromatic nitrogens is 1. The van der Waals surface area contributed by atoms with Crippen molar-refractivity contribution in [1.29, 1.82) is 0 Å². The quantitative estimate of drug-likeness (QED) is 0.758. The molecular formula is C11H19N3. The molecule has 0 aliphatic rings. The van der Waals surface area contributed by atoms with E-state index in [1.165, 1.54) is 0 Å². The molecule has 3 heteroatoms. The molecule has 1 rings (SSSR count). The third-order valence-corrected chi connectivity index (χ3v) is 1.99. The van der Waals surface area contributed by atoms with Crippen LogP contribution in [0.15, 0.2) is 12.3 Å². The van der Waals surface area contributed by atoms with Crippen molar-refractivity contribution in [2.24, 2.45) is 5.41 Å². The summed E-state index contributed by atoms with van der Waals surface area (Å²) in [5, 5.41) is 3.26. The van der Waals surface area contributed by atoms with Gasteiger partial charge in [0.1, 0.15) is 5.82 Å². The highest BCUT2D eigenvalue weighted by atomic mass is 15.0. The fraction of sp³-hybridized carbons (Fsp3) is 0.545. The predicted octanol–water partition coefficient (Wildman–Crippen LogP) is 2.43. The van der Waals surface area contributed by atoms with Gasteiger partial charge < -0.3 is 11.1 Å². The lowest BCUT2D eigenvalue weighted by atomic mass is 9.97. The fourth-order valence-corrected chi connectivity index (χ4v) is 1.06. The van der Waals surface area contributed by atoms with Gasteiger partial charge in [0, 0.05) is 12.7 Å². The molecule has 0 amide bonds. The summed E-state index contributed by atoms with van der Waals surface area (Å²) in [4.78, 5) is 4.21. The Morgan fingerprint density at radius 3 is 2.64 bits per heavy atom. The lowest BCUT2D eigenvalue weighted by Gasteiger charge is -2.20. The van der Waals surface area contributed by atoms with Crippen molar-refractivity contribution in [2.45, 2.75) is 27.7 Å². The summed E-state index contributed by atoms with van der Waals surface area (Å²) in [7, 11) is 0. The number of anilines is 2. The first-order chi connectivity index (χ1) is 6.40. The Kier molecular flexibility index (Phi) is 2.99. The zero-order valence-corrected chi connectivity index (χ0v) is 9.39.